The first-order valence-electron chi connectivity index (χ1n) is 36.1. The van der Waals surface area contributed by atoms with Gasteiger partial charge in [0.15, 0.2) is 12.2 Å². The summed E-state index contributed by atoms with van der Waals surface area (Å²) < 4.78 is 68.2. The lowest BCUT2D eigenvalue weighted by atomic mass is 10.0. The van der Waals surface area contributed by atoms with Crippen LogP contribution >= 0.6 is 15.6 Å². The first-order chi connectivity index (χ1) is 42.5. The van der Waals surface area contributed by atoms with Crippen LogP contribution in [0, 0.1) is 5.92 Å². The number of rotatable bonds is 69. The molecule has 0 bridgehead atoms. The highest BCUT2D eigenvalue weighted by Gasteiger charge is 2.30. The Morgan fingerprint density at radius 2 is 0.523 bits per heavy atom. The fraction of sp³-hybridized carbons (Fsp3) is 0.942. The third-order valence-electron chi connectivity index (χ3n) is 16.0. The maximum atomic E-state index is 13.0. The summed E-state index contributed by atoms with van der Waals surface area (Å²) in [5.41, 5.74) is 0. The molecular formula is C69H134O17P2. The summed E-state index contributed by atoms with van der Waals surface area (Å²) in [6.45, 7) is 7.17. The second-order valence-corrected chi connectivity index (χ2v) is 28.3. The quantitative estimate of drug-likeness (QED) is 0.0222. The van der Waals surface area contributed by atoms with E-state index in [1.54, 1.807) is 0 Å². The van der Waals surface area contributed by atoms with Gasteiger partial charge in [0.25, 0.3) is 0 Å². The fourth-order valence-electron chi connectivity index (χ4n) is 10.5. The Kier molecular flexibility index (Phi) is 61.1. The maximum Gasteiger partial charge on any atom is 0.472 e. The van der Waals surface area contributed by atoms with Crippen molar-refractivity contribution in [2.24, 2.45) is 5.92 Å². The van der Waals surface area contributed by atoms with Crippen LogP contribution in [0.2, 0.25) is 0 Å². The number of carbonyl (C=O) groups is 4. The zero-order chi connectivity index (χ0) is 64.9. The van der Waals surface area contributed by atoms with Crippen molar-refractivity contribution >= 4 is 39.5 Å². The second-order valence-electron chi connectivity index (χ2n) is 25.4. The van der Waals surface area contributed by atoms with E-state index in [-0.39, 0.29) is 25.7 Å². The van der Waals surface area contributed by atoms with Gasteiger partial charge >= 0.3 is 39.5 Å². The zero-order valence-electron chi connectivity index (χ0n) is 56.9. The molecule has 0 rings (SSSR count). The van der Waals surface area contributed by atoms with Crippen molar-refractivity contribution in [3.05, 3.63) is 0 Å². The molecule has 17 nitrogen and oxygen atoms in total. The molecule has 0 aromatic heterocycles. The first-order valence-corrected chi connectivity index (χ1v) is 39.1. The number of phosphoric acid groups is 2. The van der Waals surface area contributed by atoms with E-state index in [1.807, 2.05) is 0 Å². The molecule has 0 fully saturated rings. The summed E-state index contributed by atoms with van der Waals surface area (Å²) in [5, 5.41) is 10.6. The molecule has 522 valence electrons. The number of hydrogen-bond acceptors (Lipinski definition) is 15. The minimum absolute atomic E-state index is 0.105. The molecule has 0 aliphatic carbocycles. The predicted octanol–water partition coefficient (Wildman–Crippen LogP) is 19.7. The highest BCUT2D eigenvalue weighted by atomic mass is 31.2. The van der Waals surface area contributed by atoms with Gasteiger partial charge in [-0.05, 0) is 31.6 Å². The van der Waals surface area contributed by atoms with Gasteiger partial charge < -0.3 is 33.8 Å². The van der Waals surface area contributed by atoms with Gasteiger partial charge in [-0.25, -0.2) is 9.13 Å². The summed E-state index contributed by atoms with van der Waals surface area (Å²) >= 11 is 0. The Bertz CT molecular complexity index is 1700. The summed E-state index contributed by atoms with van der Waals surface area (Å²) in [6.07, 6.45) is 48.6. The molecule has 0 aliphatic rings. The van der Waals surface area contributed by atoms with Gasteiger partial charge in [-0.2, -0.15) is 0 Å². The molecule has 0 saturated heterocycles. The molecular weight excluding hydrogens is 1160 g/mol. The number of aliphatic hydroxyl groups excluding tert-OH is 1. The van der Waals surface area contributed by atoms with Gasteiger partial charge in [0.05, 0.1) is 26.4 Å². The minimum Gasteiger partial charge on any atom is -0.462 e. The van der Waals surface area contributed by atoms with E-state index in [4.69, 9.17) is 37.0 Å². The molecule has 88 heavy (non-hydrogen) atoms. The van der Waals surface area contributed by atoms with E-state index in [2.05, 4.69) is 34.6 Å². The second kappa shape index (κ2) is 62.5. The van der Waals surface area contributed by atoms with E-state index in [0.717, 1.165) is 102 Å². The number of phosphoric ester groups is 2. The Morgan fingerprint density at radius 3 is 0.773 bits per heavy atom. The van der Waals surface area contributed by atoms with Gasteiger partial charge in [-0.1, -0.05) is 304 Å². The molecule has 0 heterocycles. The molecule has 0 radical (unpaired) electrons. The average Bonchev–Trinajstić information content (AvgIpc) is 3.55. The predicted molar refractivity (Wildman–Crippen MR) is 354 cm³/mol. The molecule has 0 saturated carbocycles. The van der Waals surface area contributed by atoms with Crippen LogP contribution in [0.15, 0.2) is 0 Å². The number of esters is 4. The Morgan fingerprint density at radius 1 is 0.307 bits per heavy atom. The van der Waals surface area contributed by atoms with Crippen molar-refractivity contribution in [2.75, 3.05) is 39.6 Å². The smallest absolute Gasteiger partial charge is 0.462 e. The van der Waals surface area contributed by atoms with Crippen molar-refractivity contribution < 1.29 is 80.2 Å². The highest BCUT2D eigenvalue weighted by molar-refractivity contribution is 7.47. The molecule has 0 aliphatic heterocycles. The Balaban J connectivity index is 5.21. The van der Waals surface area contributed by atoms with Crippen LogP contribution in [0.3, 0.4) is 0 Å². The molecule has 0 spiro atoms. The number of ether oxygens (including phenoxy) is 4. The van der Waals surface area contributed by atoms with Gasteiger partial charge in [0, 0.05) is 25.7 Å². The van der Waals surface area contributed by atoms with Crippen molar-refractivity contribution in [3.8, 4) is 0 Å². The van der Waals surface area contributed by atoms with E-state index >= 15 is 0 Å². The van der Waals surface area contributed by atoms with Gasteiger partial charge in [0.1, 0.15) is 19.3 Å². The van der Waals surface area contributed by atoms with Crippen molar-refractivity contribution in [2.45, 2.75) is 374 Å². The lowest BCUT2D eigenvalue weighted by Crippen LogP contribution is -2.30. The molecule has 0 aromatic carbocycles. The minimum atomic E-state index is -4.95. The molecule has 0 aromatic rings. The Hall–Kier alpha value is -1.94. The summed E-state index contributed by atoms with van der Waals surface area (Å²) in [6, 6.07) is 0. The van der Waals surface area contributed by atoms with Crippen LogP contribution in [0.5, 0.6) is 0 Å². The van der Waals surface area contributed by atoms with Crippen LogP contribution in [0.4, 0.5) is 0 Å². The van der Waals surface area contributed by atoms with Crippen molar-refractivity contribution in [3.63, 3.8) is 0 Å². The van der Waals surface area contributed by atoms with Gasteiger partial charge in [-0.15, -0.1) is 0 Å². The lowest BCUT2D eigenvalue weighted by Gasteiger charge is -2.21. The SMILES string of the molecule is CCCCCCCCCCCCCCCCCCCC(=O)O[C@H](COC(=O)CCCCCCCCCCCCCC)COP(=O)(O)OC[C@@H](O)COP(=O)(O)OC[C@@H](COC(=O)CCCCCCCCCC)OC(=O)CCCCCCCCCCC(C)C. The standard InChI is InChI=1S/C69H134O17P2/c1-6-9-12-15-18-21-23-25-26-27-28-29-31-33-39-44-49-54-68(73)85-65(59-80-67(72)53-48-43-38-32-30-24-22-19-16-13-10-7-2)61-84-88(77,78)82-57-63(70)56-81-87(75,76)83-60-64(58-79-66(71)52-47-42-37-20-17-14-11-8-3)86-69(74)55-50-45-40-35-34-36-41-46-51-62(4)5/h62-65,70H,6-61H2,1-5H3,(H,75,76)(H,77,78)/t63-,64+,65+/m0/s1. The van der Waals surface area contributed by atoms with Crippen LogP contribution in [-0.2, 0) is 65.4 Å². The zero-order valence-corrected chi connectivity index (χ0v) is 58.6. The number of unbranched alkanes of at least 4 members (excludes halogenated alkanes) is 41. The molecule has 3 N–H and O–H groups in total. The molecule has 19 heteroatoms. The van der Waals surface area contributed by atoms with Crippen molar-refractivity contribution in [1.29, 1.82) is 0 Å². The number of carbonyl (C=O) groups excluding carboxylic acids is 4. The third-order valence-corrected chi connectivity index (χ3v) is 17.9. The molecule has 0 amide bonds. The fourth-order valence-corrected chi connectivity index (χ4v) is 12.0. The van der Waals surface area contributed by atoms with Crippen molar-refractivity contribution in [1.82, 2.24) is 0 Å². The van der Waals surface area contributed by atoms with E-state index < -0.39 is 97.5 Å². The van der Waals surface area contributed by atoms with Crippen LogP contribution in [-0.4, -0.2) is 96.7 Å². The normalized spacial score (nSPS) is 14.1. The van der Waals surface area contributed by atoms with Gasteiger partial charge in [0.2, 0.25) is 0 Å². The topological polar surface area (TPSA) is 237 Å². The summed E-state index contributed by atoms with van der Waals surface area (Å²) in [4.78, 5) is 72.4. The molecule has 2 unspecified atom stereocenters. The summed E-state index contributed by atoms with van der Waals surface area (Å²) in [5.74, 6) is -1.41. The lowest BCUT2D eigenvalue weighted by molar-refractivity contribution is -0.161. The van der Waals surface area contributed by atoms with E-state index in [1.165, 1.54) is 173 Å². The third kappa shape index (κ3) is 62.8. The van der Waals surface area contributed by atoms with Crippen LogP contribution < -0.4 is 0 Å². The highest BCUT2D eigenvalue weighted by Crippen LogP contribution is 2.45. The van der Waals surface area contributed by atoms with Gasteiger partial charge in [-0.3, -0.25) is 37.3 Å². The summed E-state index contributed by atoms with van der Waals surface area (Å²) in [7, 11) is -9.89. The maximum absolute atomic E-state index is 13.0. The van der Waals surface area contributed by atoms with Crippen LogP contribution in [0.25, 0.3) is 0 Å². The number of aliphatic hydroxyl groups is 1. The van der Waals surface area contributed by atoms with E-state index in [9.17, 15) is 43.2 Å². The number of hydrogen-bond donors (Lipinski definition) is 3. The first kappa shape index (κ1) is 86.1. The molecule has 5 atom stereocenters. The average molecular weight is 1300 g/mol. The monoisotopic (exact) mass is 1300 g/mol. The van der Waals surface area contributed by atoms with E-state index in [0.29, 0.717) is 25.7 Å². The Labute approximate surface area is 537 Å². The van der Waals surface area contributed by atoms with Crippen LogP contribution in [0.1, 0.15) is 356 Å². The largest absolute Gasteiger partial charge is 0.472 e.